The van der Waals surface area contributed by atoms with Gasteiger partial charge in [-0.15, -0.1) is 12.4 Å². The molecule has 2 aromatic rings. The van der Waals surface area contributed by atoms with Gasteiger partial charge in [0.15, 0.2) is 5.69 Å². The second-order valence-electron chi connectivity index (χ2n) is 7.45. The highest BCUT2D eigenvalue weighted by Crippen LogP contribution is 2.31. The minimum Gasteiger partial charge on any atom is -0.337 e. The fourth-order valence-electron chi connectivity index (χ4n) is 3.28. The van der Waals surface area contributed by atoms with Gasteiger partial charge in [0.1, 0.15) is 0 Å². The smallest absolute Gasteiger partial charge is 0.337 e. The van der Waals surface area contributed by atoms with Gasteiger partial charge in [-0.25, -0.2) is 4.68 Å². The first-order valence-electron chi connectivity index (χ1n) is 8.82. The van der Waals surface area contributed by atoms with Crippen LogP contribution in [0.25, 0.3) is 5.69 Å². The number of halogens is 4. The lowest BCUT2D eigenvalue weighted by Gasteiger charge is -2.22. The van der Waals surface area contributed by atoms with E-state index in [1.54, 1.807) is 6.92 Å². The molecule has 1 unspecified atom stereocenters. The number of hydrogen-bond donors (Lipinski definition) is 1. The predicted octanol–water partition coefficient (Wildman–Crippen LogP) is 2.79. The standard InChI is InChI=1S/C19H21F3N4O2.ClH/c1-12-8-15(27)16(17(28)25-7-6-18(2,10-23)11-25)24-26(12)14-5-3-4-13(9-14)19(20,21)22;/h3-5,8-9H,6-7,10-11,23H2,1-2H3;1H. The Balaban J connectivity index is 0.00000300. The summed E-state index contributed by atoms with van der Waals surface area (Å²) in [6, 6.07) is 5.78. The molecule has 29 heavy (non-hydrogen) atoms. The van der Waals surface area contributed by atoms with E-state index in [-0.39, 0.29) is 29.2 Å². The van der Waals surface area contributed by atoms with E-state index in [4.69, 9.17) is 5.73 Å². The molecule has 0 aliphatic carbocycles. The molecule has 1 saturated heterocycles. The van der Waals surface area contributed by atoms with Gasteiger partial charge in [0, 0.05) is 24.8 Å². The van der Waals surface area contributed by atoms with E-state index in [2.05, 4.69) is 5.10 Å². The third-order valence-corrected chi connectivity index (χ3v) is 5.07. The van der Waals surface area contributed by atoms with E-state index in [0.717, 1.165) is 12.1 Å². The molecule has 1 aliphatic rings. The average molecular weight is 431 g/mol. The number of aryl methyl sites for hydroxylation is 1. The molecule has 0 saturated carbocycles. The Labute approximate surface area is 171 Å². The highest BCUT2D eigenvalue weighted by Gasteiger charge is 2.36. The van der Waals surface area contributed by atoms with Crippen LogP contribution in [0.15, 0.2) is 35.1 Å². The van der Waals surface area contributed by atoms with Crippen LogP contribution < -0.4 is 11.2 Å². The maximum atomic E-state index is 13.0. The number of aromatic nitrogens is 2. The zero-order valence-electron chi connectivity index (χ0n) is 16.0. The molecule has 1 aliphatic heterocycles. The summed E-state index contributed by atoms with van der Waals surface area (Å²) < 4.78 is 40.2. The van der Waals surface area contributed by atoms with Crippen LogP contribution in [-0.4, -0.2) is 40.2 Å². The number of hydrogen-bond acceptors (Lipinski definition) is 4. The summed E-state index contributed by atoms with van der Waals surface area (Å²) in [5.41, 5.74) is 4.27. The van der Waals surface area contributed by atoms with E-state index < -0.39 is 23.1 Å². The lowest BCUT2D eigenvalue weighted by Crippen LogP contribution is -2.37. The Kier molecular flexibility index (Phi) is 6.44. The molecule has 1 amide bonds. The van der Waals surface area contributed by atoms with Gasteiger partial charge in [-0.05, 0) is 43.5 Å². The van der Waals surface area contributed by atoms with Gasteiger partial charge < -0.3 is 10.6 Å². The van der Waals surface area contributed by atoms with Crippen molar-refractivity contribution in [2.75, 3.05) is 19.6 Å². The zero-order valence-corrected chi connectivity index (χ0v) is 16.8. The SMILES string of the molecule is Cc1cc(=O)c(C(=O)N2CCC(C)(CN)C2)nn1-c1cccc(C(F)(F)F)c1.Cl. The van der Waals surface area contributed by atoms with Crippen LogP contribution in [0.3, 0.4) is 0 Å². The van der Waals surface area contributed by atoms with Crippen LogP contribution in [0.5, 0.6) is 0 Å². The van der Waals surface area contributed by atoms with Crippen molar-refractivity contribution in [3.05, 3.63) is 57.5 Å². The number of likely N-dealkylation sites (tertiary alicyclic amines) is 1. The summed E-state index contributed by atoms with van der Waals surface area (Å²) in [5.74, 6) is -0.539. The van der Waals surface area contributed by atoms with Crippen molar-refractivity contribution in [1.82, 2.24) is 14.7 Å². The number of carbonyl (C=O) groups excluding carboxylic acids is 1. The van der Waals surface area contributed by atoms with E-state index in [0.29, 0.717) is 31.7 Å². The highest BCUT2D eigenvalue weighted by atomic mass is 35.5. The van der Waals surface area contributed by atoms with Crippen molar-refractivity contribution in [3.63, 3.8) is 0 Å². The number of nitrogens with zero attached hydrogens (tertiary/aromatic N) is 3. The Morgan fingerprint density at radius 2 is 2.00 bits per heavy atom. The largest absolute Gasteiger partial charge is 0.416 e. The molecule has 0 spiro atoms. The monoisotopic (exact) mass is 430 g/mol. The summed E-state index contributed by atoms with van der Waals surface area (Å²) in [5, 5.41) is 4.10. The van der Waals surface area contributed by atoms with Crippen molar-refractivity contribution < 1.29 is 18.0 Å². The van der Waals surface area contributed by atoms with Crippen LogP contribution >= 0.6 is 12.4 Å². The van der Waals surface area contributed by atoms with Gasteiger partial charge in [-0.2, -0.15) is 18.3 Å². The van der Waals surface area contributed by atoms with Gasteiger partial charge in [0.25, 0.3) is 5.91 Å². The molecule has 158 valence electrons. The average Bonchev–Trinajstić information content (AvgIpc) is 3.04. The van der Waals surface area contributed by atoms with Gasteiger partial charge in [-0.1, -0.05) is 13.0 Å². The van der Waals surface area contributed by atoms with E-state index in [9.17, 15) is 22.8 Å². The number of nitrogens with two attached hydrogens (primary N) is 1. The molecule has 6 nitrogen and oxygen atoms in total. The van der Waals surface area contributed by atoms with Crippen molar-refractivity contribution in [1.29, 1.82) is 0 Å². The molecule has 0 radical (unpaired) electrons. The minimum atomic E-state index is -4.51. The first-order chi connectivity index (χ1) is 13.0. The molecule has 1 fully saturated rings. The molecule has 1 atom stereocenters. The van der Waals surface area contributed by atoms with Crippen LogP contribution in [0.2, 0.25) is 0 Å². The van der Waals surface area contributed by atoms with Crippen molar-refractivity contribution >= 4 is 18.3 Å². The Bertz CT molecular complexity index is 977. The van der Waals surface area contributed by atoms with Crippen LogP contribution in [0, 0.1) is 12.3 Å². The Morgan fingerprint density at radius 3 is 2.59 bits per heavy atom. The molecule has 0 bridgehead atoms. The van der Waals surface area contributed by atoms with Crippen molar-refractivity contribution in [3.8, 4) is 5.69 Å². The van der Waals surface area contributed by atoms with Gasteiger partial charge in [0.2, 0.25) is 5.43 Å². The van der Waals surface area contributed by atoms with Gasteiger partial charge >= 0.3 is 6.18 Å². The first-order valence-corrected chi connectivity index (χ1v) is 8.82. The summed E-state index contributed by atoms with van der Waals surface area (Å²) in [4.78, 5) is 26.7. The summed E-state index contributed by atoms with van der Waals surface area (Å²) in [7, 11) is 0. The molecule has 2 heterocycles. The van der Waals surface area contributed by atoms with Gasteiger partial charge in [0.05, 0.1) is 11.3 Å². The number of carbonyl (C=O) groups is 1. The van der Waals surface area contributed by atoms with Crippen LogP contribution in [0.4, 0.5) is 13.2 Å². The predicted molar refractivity (Wildman–Crippen MR) is 105 cm³/mol. The molecule has 1 aromatic carbocycles. The van der Waals surface area contributed by atoms with Crippen LogP contribution in [0.1, 0.15) is 35.1 Å². The normalized spacial score (nSPS) is 19.2. The van der Waals surface area contributed by atoms with E-state index in [1.807, 2.05) is 6.92 Å². The van der Waals surface area contributed by atoms with E-state index >= 15 is 0 Å². The third-order valence-electron chi connectivity index (χ3n) is 5.07. The molecular formula is C19H22ClF3N4O2. The Morgan fingerprint density at radius 1 is 1.31 bits per heavy atom. The topological polar surface area (TPSA) is 81.2 Å². The zero-order chi connectivity index (χ0) is 20.7. The summed E-state index contributed by atoms with van der Waals surface area (Å²) in [6.45, 7) is 4.77. The number of amides is 1. The molecule has 10 heteroatoms. The lowest BCUT2D eigenvalue weighted by atomic mass is 9.90. The first kappa shape index (κ1) is 22.9. The highest BCUT2D eigenvalue weighted by molar-refractivity contribution is 5.92. The maximum Gasteiger partial charge on any atom is 0.416 e. The maximum absolute atomic E-state index is 13.0. The lowest BCUT2D eigenvalue weighted by molar-refractivity contribution is -0.137. The number of rotatable bonds is 3. The quantitative estimate of drug-likeness (QED) is 0.811. The summed E-state index contributed by atoms with van der Waals surface area (Å²) >= 11 is 0. The second kappa shape index (κ2) is 8.16. The number of alkyl halides is 3. The molecule has 1 aromatic heterocycles. The molecule has 2 N–H and O–H groups in total. The molecule has 3 rings (SSSR count). The Hall–Kier alpha value is -2.39. The van der Waals surface area contributed by atoms with E-state index in [1.165, 1.54) is 27.8 Å². The summed E-state index contributed by atoms with van der Waals surface area (Å²) in [6.07, 6.45) is -3.80. The second-order valence-corrected chi connectivity index (χ2v) is 7.45. The minimum absolute atomic E-state index is 0. The fourth-order valence-corrected chi connectivity index (χ4v) is 3.28. The van der Waals surface area contributed by atoms with Crippen molar-refractivity contribution in [2.24, 2.45) is 11.1 Å². The van der Waals surface area contributed by atoms with Gasteiger partial charge in [-0.3, -0.25) is 9.59 Å². The number of benzene rings is 1. The third kappa shape index (κ3) is 4.62. The van der Waals surface area contributed by atoms with Crippen LogP contribution in [-0.2, 0) is 6.18 Å². The molecular weight excluding hydrogens is 409 g/mol. The fraction of sp³-hybridized carbons (Fsp3) is 0.421. The van der Waals surface area contributed by atoms with Crippen molar-refractivity contribution in [2.45, 2.75) is 26.4 Å².